The quantitative estimate of drug-likeness (QED) is 0.685. The zero-order valence-corrected chi connectivity index (χ0v) is 7.66. The monoisotopic (exact) mass is 174 g/mol. The van der Waals surface area contributed by atoms with Crippen LogP contribution >= 0.6 is 0 Å². The molecule has 72 valence electrons. The van der Waals surface area contributed by atoms with Gasteiger partial charge in [-0.2, -0.15) is 0 Å². The second-order valence-electron chi connectivity index (χ2n) is 3.46. The largest absolute Gasteiger partial charge is 0.396 e. The summed E-state index contributed by atoms with van der Waals surface area (Å²) < 4.78 is 10.8. The fourth-order valence-corrected chi connectivity index (χ4v) is 1.20. The van der Waals surface area contributed by atoms with Gasteiger partial charge in [-0.05, 0) is 12.8 Å². The molecule has 3 nitrogen and oxygen atoms in total. The molecule has 0 spiro atoms. The van der Waals surface area contributed by atoms with E-state index in [2.05, 4.69) is 0 Å². The Hall–Kier alpha value is -0.120. The molecular weight excluding hydrogens is 156 g/mol. The molecule has 0 bridgehead atoms. The van der Waals surface area contributed by atoms with Gasteiger partial charge in [-0.15, -0.1) is 0 Å². The Morgan fingerprint density at radius 2 is 2.50 bits per heavy atom. The lowest BCUT2D eigenvalue weighted by atomic mass is 10.1. The van der Waals surface area contributed by atoms with Crippen LogP contribution in [0.5, 0.6) is 0 Å². The van der Waals surface area contributed by atoms with E-state index in [4.69, 9.17) is 14.6 Å². The first-order valence-corrected chi connectivity index (χ1v) is 4.63. The molecule has 1 N–H and O–H groups in total. The second-order valence-corrected chi connectivity index (χ2v) is 3.46. The predicted octanol–water partition coefficient (Wildman–Crippen LogP) is 0.810. The first-order chi connectivity index (χ1) is 5.83. The minimum absolute atomic E-state index is 0.202. The SMILES string of the molecule is CC(CO)COC1CCCOC1. The van der Waals surface area contributed by atoms with Gasteiger partial charge in [0.25, 0.3) is 0 Å². The van der Waals surface area contributed by atoms with Gasteiger partial charge in [-0.1, -0.05) is 6.92 Å². The van der Waals surface area contributed by atoms with E-state index in [1.165, 1.54) is 0 Å². The van der Waals surface area contributed by atoms with Gasteiger partial charge < -0.3 is 14.6 Å². The number of hydrogen-bond donors (Lipinski definition) is 1. The molecule has 12 heavy (non-hydrogen) atoms. The van der Waals surface area contributed by atoms with Crippen LogP contribution in [0, 0.1) is 5.92 Å². The highest BCUT2D eigenvalue weighted by Crippen LogP contribution is 2.10. The molecule has 1 fully saturated rings. The highest BCUT2D eigenvalue weighted by molar-refractivity contribution is 4.62. The molecule has 1 saturated heterocycles. The van der Waals surface area contributed by atoms with E-state index in [1.807, 2.05) is 6.92 Å². The van der Waals surface area contributed by atoms with Crippen molar-refractivity contribution in [2.24, 2.45) is 5.92 Å². The molecule has 0 aromatic carbocycles. The molecule has 2 unspecified atom stereocenters. The molecule has 3 heteroatoms. The van der Waals surface area contributed by atoms with Crippen LogP contribution in [0.15, 0.2) is 0 Å². The van der Waals surface area contributed by atoms with Crippen molar-refractivity contribution in [2.45, 2.75) is 25.9 Å². The average Bonchev–Trinajstić information content (AvgIpc) is 2.16. The molecule has 1 rings (SSSR count). The zero-order chi connectivity index (χ0) is 8.81. The minimum atomic E-state index is 0.202. The third-order valence-electron chi connectivity index (χ3n) is 2.05. The first-order valence-electron chi connectivity index (χ1n) is 4.63. The third kappa shape index (κ3) is 3.52. The predicted molar refractivity (Wildman–Crippen MR) is 46.0 cm³/mol. The minimum Gasteiger partial charge on any atom is -0.396 e. The molecule has 0 radical (unpaired) electrons. The number of aliphatic hydroxyl groups excluding tert-OH is 1. The van der Waals surface area contributed by atoms with Crippen molar-refractivity contribution >= 4 is 0 Å². The van der Waals surface area contributed by atoms with Gasteiger partial charge in [0.05, 0.1) is 19.3 Å². The topological polar surface area (TPSA) is 38.7 Å². The Morgan fingerprint density at radius 1 is 1.67 bits per heavy atom. The summed E-state index contributed by atoms with van der Waals surface area (Å²) in [5, 5.41) is 8.75. The lowest BCUT2D eigenvalue weighted by Crippen LogP contribution is -2.27. The van der Waals surface area contributed by atoms with Crippen LogP contribution in [-0.4, -0.2) is 37.6 Å². The highest BCUT2D eigenvalue weighted by atomic mass is 16.5. The van der Waals surface area contributed by atoms with E-state index in [-0.39, 0.29) is 18.6 Å². The van der Waals surface area contributed by atoms with Gasteiger partial charge in [0.2, 0.25) is 0 Å². The van der Waals surface area contributed by atoms with Crippen molar-refractivity contribution in [1.82, 2.24) is 0 Å². The number of ether oxygens (including phenoxy) is 2. The standard InChI is InChI=1S/C9H18O3/c1-8(5-10)6-12-9-3-2-4-11-7-9/h8-10H,2-7H2,1H3. The number of hydrogen-bond acceptors (Lipinski definition) is 3. The molecular formula is C9H18O3. The van der Waals surface area contributed by atoms with Crippen LogP contribution < -0.4 is 0 Å². The molecule has 0 saturated carbocycles. The fourth-order valence-electron chi connectivity index (χ4n) is 1.20. The second kappa shape index (κ2) is 5.51. The highest BCUT2D eigenvalue weighted by Gasteiger charge is 2.14. The van der Waals surface area contributed by atoms with Crippen molar-refractivity contribution in [3.63, 3.8) is 0 Å². The molecule has 0 aromatic heterocycles. The van der Waals surface area contributed by atoms with E-state index in [9.17, 15) is 0 Å². The summed E-state index contributed by atoms with van der Waals surface area (Å²) in [7, 11) is 0. The zero-order valence-electron chi connectivity index (χ0n) is 7.66. The van der Waals surface area contributed by atoms with Crippen LogP contribution in [0.4, 0.5) is 0 Å². The Kier molecular flexibility index (Phi) is 4.58. The number of rotatable bonds is 4. The van der Waals surface area contributed by atoms with Gasteiger partial charge in [0.1, 0.15) is 0 Å². The molecule has 1 aliphatic heterocycles. The maximum absolute atomic E-state index is 8.75. The normalized spacial score (nSPS) is 27.0. The van der Waals surface area contributed by atoms with E-state index in [0.717, 1.165) is 26.1 Å². The third-order valence-corrected chi connectivity index (χ3v) is 2.05. The van der Waals surface area contributed by atoms with Crippen LogP contribution in [-0.2, 0) is 9.47 Å². The molecule has 0 aliphatic carbocycles. The van der Waals surface area contributed by atoms with Gasteiger partial charge in [-0.25, -0.2) is 0 Å². The molecule has 1 heterocycles. The maximum atomic E-state index is 8.75. The van der Waals surface area contributed by atoms with Crippen molar-refractivity contribution in [3.05, 3.63) is 0 Å². The number of aliphatic hydroxyl groups is 1. The average molecular weight is 174 g/mol. The van der Waals surface area contributed by atoms with Crippen molar-refractivity contribution < 1.29 is 14.6 Å². The lowest BCUT2D eigenvalue weighted by Gasteiger charge is -2.23. The lowest BCUT2D eigenvalue weighted by molar-refractivity contribution is -0.0621. The summed E-state index contributed by atoms with van der Waals surface area (Å²) in [6.45, 7) is 4.41. The smallest absolute Gasteiger partial charge is 0.0809 e. The van der Waals surface area contributed by atoms with Gasteiger partial charge in [0, 0.05) is 19.1 Å². The Morgan fingerprint density at radius 3 is 3.08 bits per heavy atom. The summed E-state index contributed by atoms with van der Waals surface area (Å²) in [5.74, 6) is 0.243. The van der Waals surface area contributed by atoms with Crippen LogP contribution in [0.2, 0.25) is 0 Å². The fraction of sp³-hybridized carbons (Fsp3) is 1.00. The summed E-state index contributed by atoms with van der Waals surface area (Å²) in [4.78, 5) is 0. The Balaban J connectivity index is 2.05. The van der Waals surface area contributed by atoms with E-state index in [1.54, 1.807) is 0 Å². The van der Waals surface area contributed by atoms with Crippen molar-refractivity contribution in [2.75, 3.05) is 26.4 Å². The van der Waals surface area contributed by atoms with Crippen LogP contribution in [0.1, 0.15) is 19.8 Å². The molecule has 2 atom stereocenters. The maximum Gasteiger partial charge on any atom is 0.0809 e. The summed E-state index contributed by atoms with van der Waals surface area (Å²) in [6, 6.07) is 0. The van der Waals surface area contributed by atoms with Crippen molar-refractivity contribution in [1.29, 1.82) is 0 Å². The van der Waals surface area contributed by atoms with Crippen molar-refractivity contribution in [3.8, 4) is 0 Å². The van der Waals surface area contributed by atoms with E-state index >= 15 is 0 Å². The summed E-state index contributed by atoms with van der Waals surface area (Å²) in [6.07, 6.45) is 2.45. The van der Waals surface area contributed by atoms with Gasteiger partial charge in [0.15, 0.2) is 0 Å². The van der Waals surface area contributed by atoms with E-state index < -0.39 is 0 Å². The molecule has 0 amide bonds. The van der Waals surface area contributed by atoms with Crippen LogP contribution in [0.25, 0.3) is 0 Å². The van der Waals surface area contributed by atoms with Gasteiger partial charge in [-0.3, -0.25) is 0 Å². The molecule has 1 aliphatic rings. The summed E-state index contributed by atoms with van der Waals surface area (Å²) >= 11 is 0. The Labute approximate surface area is 73.7 Å². The summed E-state index contributed by atoms with van der Waals surface area (Å²) in [5.41, 5.74) is 0. The Bertz CT molecular complexity index is 110. The first kappa shape index (κ1) is 9.96. The van der Waals surface area contributed by atoms with Crippen LogP contribution in [0.3, 0.4) is 0 Å². The molecule has 0 aromatic rings. The van der Waals surface area contributed by atoms with Gasteiger partial charge >= 0.3 is 0 Å². The van der Waals surface area contributed by atoms with E-state index in [0.29, 0.717) is 6.61 Å².